The highest BCUT2D eigenvalue weighted by Gasteiger charge is 2.27. The van der Waals surface area contributed by atoms with Gasteiger partial charge in [-0.15, -0.1) is 0 Å². The zero-order chi connectivity index (χ0) is 14.7. The molecular formula is C17H17NO3. The average Bonchev–Trinajstić information content (AvgIpc) is 2.54. The average molecular weight is 283 g/mol. The van der Waals surface area contributed by atoms with Crippen LogP contribution in [0.2, 0.25) is 0 Å². The molecule has 1 heterocycles. The maximum absolute atomic E-state index is 12.5. The van der Waals surface area contributed by atoms with Crippen molar-refractivity contribution >= 4 is 11.6 Å². The maximum Gasteiger partial charge on any atom is 0.232 e. The zero-order valence-electron chi connectivity index (χ0n) is 11.6. The van der Waals surface area contributed by atoms with Gasteiger partial charge in [-0.3, -0.25) is 4.79 Å². The Labute approximate surface area is 123 Å². The molecule has 2 aromatic rings. The Hall–Kier alpha value is -2.33. The molecule has 0 saturated carbocycles. The standard InChI is InChI=1S/C17H17NO3/c19-11-12-4-3-5-13(10-12)18-17(20)15-8-9-21-16-7-2-1-6-14(15)16/h1-7,10,15,19H,8-9,11H2,(H,18,20). The summed E-state index contributed by atoms with van der Waals surface area (Å²) >= 11 is 0. The Bertz CT molecular complexity index is 654. The first-order valence-electron chi connectivity index (χ1n) is 7.00. The SMILES string of the molecule is O=C(Nc1cccc(CO)c1)C1CCOc2ccccc21. The lowest BCUT2D eigenvalue weighted by atomic mass is 9.92. The minimum absolute atomic E-state index is 0.0379. The minimum Gasteiger partial charge on any atom is -0.493 e. The number of carbonyl (C=O) groups is 1. The Morgan fingerprint density at radius 3 is 2.95 bits per heavy atom. The van der Waals surface area contributed by atoms with E-state index in [4.69, 9.17) is 9.84 Å². The highest BCUT2D eigenvalue weighted by Crippen LogP contribution is 2.34. The first-order chi connectivity index (χ1) is 10.3. The number of fused-ring (bicyclic) bond motifs is 1. The van der Waals surface area contributed by atoms with Crippen LogP contribution in [0.5, 0.6) is 5.75 Å². The number of benzene rings is 2. The smallest absolute Gasteiger partial charge is 0.232 e. The number of nitrogens with one attached hydrogen (secondary N) is 1. The van der Waals surface area contributed by atoms with Gasteiger partial charge in [-0.1, -0.05) is 30.3 Å². The summed E-state index contributed by atoms with van der Waals surface area (Å²) in [6.45, 7) is 0.510. The van der Waals surface area contributed by atoms with E-state index >= 15 is 0 Å². The van der Waals surface area contributed by atoms with Crippen molar-refractivity contribution in [2.24, 2.45) is 0 Å². The monoisotopic (exact) mass is 283 g/mol. The second-order valence-electron chi connectivity index (χ2n) is 5.08. The van der Waals surface area contributed by atoms with Gasteiger partial charge in [0.15, 0.2) is 0 Å². The largest absolute Gasteiger partial charge is 0.493 e. The van der Waals surface area contributed by atoms with E-state index in [1.54, 1.807) is 6.07 Å². The van der Waals surface area contributed by atoms with Gasteiger partial charge in [0.05, 0.1) is 19.1 Å². The van der Waals surface area contributed by atoms with Crippen LogP contribution in [0.25, 0.3) is 0 Å². The van der Waals surface area contributed by atoms with E-state index in [0.717, 1.165) is 16.9 Å². The van der Waals surface area contributed by atoms with Gasteiger partial charge in [0, 0.05) is 11.3 Å². The van der Waals surface area contributed by atoms with Crippen molar-refractivity contribution in [3.05, 3.63) is 59.7 Å². The maximum atomic E-state index is 12.5. The second-order valence-corrected chi connectivity index (χ2v) is 5.08. The van der Waals surface area contributed by atoms with Gasteiger partial charge in [-0.05, 0) is 30.2 Å². The molecule has 1 amide bonds. The molecule has 3 rings (SSSR count). The van der Waals surface area contributed by atoms with E-state index in [1.807, 2.05) is 42.5 Å². The van der Waals surface area contributed by atoms with Crippen LogP contribution >= 0.6 is 0 Å². The molecule has 1 aliphatic heterocycles. The fourth-order valence-corrected chi connectivity index (χ4v) is 2.59. The van der Waals surface area contributed by atoms with Crippen LogP contribution in [0.1, 0.15) is 23.5 Å². The van der Waals surface area contributed by atoms with Crippen LogP contribution in [-0.2, 0) is 11.4 Å². The quantitative estimate of drug-likeness (QED) is 0.910. The van der Waals surface area contributed by atoms with Crippen LogP contribution in [0, 0.1) is 0 Å². The molecule has 0 saturated heterocycles. The molecule has 0 spiro atoms. The third-order valence-electron chi connectivity index (χ3n) is 3.65. The topological polar surface area (TPSA) is 58.6 Å². The Balaban J connectivity index is 1.80. The molecule has 1 aliphatic rings. The van der Waals surface area contributed by atoms with Crippen LogP contribution in [-0.4, -0.2) is 17.6 Å². The Morgan fingerprint density at radius 1 is 1.24 bits per heavy atom. The number of amides is 1. The molecule has 108 valence electrons. The molecule has 0 aromatic heterocycles. The Morgan fingerprint density at radius 2 is 2.10 bits per heavy atom. The van der Waals surface area contributed by atoms with Gasteiger partial charge < -0.3 is 15.2 Å². The van der Waals surface area contributed by atoms with E-state index in [1.165, 1.54) is 0 Å². The summed E-state index contributed by atoms with van der Waals surface area (Å²) in [6, 6.07) is 14.9. The molecule has 4 nitrogen and oxygen atoms in total. The number of para-hydroxylation sites is 1. The van der Waals surface area contributed by atoms with Gasteiger partial charge in [0.1, 0.15) is 5.75 Å². The van der Waals surface area contributed by atoms with Crippen molar-refractivity contribution in [2.45, 2.75) is 18.9 Å². The van der Waals surface area contributed by atoms with Gasteiger partial charge in [0.2, 0.25) is 5.91 Å². The molecule has 21 heavy (non-hydrogen) atoms. The molecule has 1 atom stereocenters. The first kappa shape index (κ1) is 13.6. The van der Waals surface area contributed by atoms with Crippen molar-refractivity contribution in [3.63, 3.8) is 0 Å². The first-order valence-corrected chi connectivity index (χ1v) is 7.00. The van der Waals surface area contributed by atoms with Crippen molar-refractivity contribution in [1.29, 1.82) is 0 Å². The fourth-order valence-electron chi connectivity index (χ4n) is 2.59. The second kappa shape index (κ2) is 5.97. The van der Waals surface area contributed by atoms with Gasteiger partial charge in [-0.2, -0.15) is 0 Å². The van der Waals surface area contributed by atoms with Crippen molar-refractivity contribution < 1.29 is 14.6 Å². The summed E-state index contributed by atoms with van der Waals surface area (Å²) in [7, 11) is 0. The summed E-state index contributed by atoms with van der Waals surface area (Å²) in [4.78, 5) is 12.5. The zero-order valence-corrected chi connectivity index (χ0v) is 11.6. The fraction of sp³-hybridized carbons (Fsp3) is 0.235. The lowest BCUT2D eigenvalue weighted by molar-refractivity contribution is -0.118. The molecule has 0 radical (unpaired) electrons. The third-order valence-corrected chi connectivity index (χ3v) is 3.65. The predicted octanol–water partition coefficient (Wildman–Crippen LogP) is 2.68. The van der Waals surface area contributed by atoms with E-state index in [0.29, 0.717) is 18.7 Å². The molecule has 2 aromatic carbocycles. The van der Waals surface area contributed by atoms with E-state index in [9.17, 15) is 4.79 Å². The van der Waals surface area contributed by atoms with Crippen molar-refractivity contribution in [3.8, 4) is 5.75 Å². The number of rotatable bonds is 3. The van der Waals surface area contributed by atoms with E-state index in [-0.39, 0.29) is 18.4 Å². The minimum atomic E-state index is -0.201. The van der Waals surface area contributed by atoms with Gasteiger partial charge >= 0.3 is 0 Å². The van der Waals surface area contributed by atoms with Gasteiger partial charge in [0.25, 0.3) is 0 Å². The molecule has 1 unspecified atom stereocenters. The molecule has 0 fully saturated rings. The van der Waals surface area contributed by atoms with Crippen molar-refractivity contribution in [1.82, 2.24) is 0 Å². The lowest BCUT2D eigenvalue weighted by Gasteiger charge is -2.25. The third kappa shape index (κ3) is 2.90. The molecule has 4 heteroatoms. The van der Waals surface area contributed by atoms with Crippen LogP contribution in [0.15, 0.2) is 48.5 Å². The number of hydrogen-bond acceptors (Lipinski definition) is 3. The highest BCUT2D eigenvalue weighted by molar-refractivity contribution is 5.96. The number of ether oxygens (including phenoxy) is 1. The van der Waals surface area contributed by atoms with Crippen LogP contribution in [0.4, 0.5) is 5.69 Å². The highest BCUT2D eigenvalue weighted by atomic mass is 16.5. The molecule has 2 N–H and O–H groups in total. The number of aliphatic hydroxyl groups excluding tert-OH is 1. The number of hydrogen-bond donors (Lipinski definition) is 2. The number of anilines is 1. The number of carbonyl (C=O) groups excluding carboxylic acids is 1. The number of aliphatic hydroxyl groups is 1. The molecule has 0 bridgehead atoms. The summed E-state index contributed by atoms with van der Waals surface area (Å²) in [5.74, 6) is 0.543. The van der Waals surface area contributed by atoms with Crippen LogP contribution < -0.4 is 10.1 Å². The molecule has 0 aliphatic carbocycles. The van der Waals surface area contributed by atoms with Crippen molar-refractivity contribution in [2.75, 3.05) is 11.9 Å². The normalized spacial score (nSPS) is 16.7. The Kier molecular flexibility index (Phi) is 3.88. The molecular weight excluding hydrogens is 266 g/mol. The summed E-state index contributed by atoms with van der Waals surface area (Å²) in [5, 5.41) is 12.1. The van der Waals surface area contributed by atoms with Crippen LogP contribution in [0.3, 0.4) is 0 Å². The predicted molar refractivity (Wildman–Crippen MR) is 80.3 cm³/mol. The van der Waals surface area contributed by atoms with E-state index in [2.05, 4.69) is 5.32 Å². The lowest BCUT2D eigenvalue weighted by Crippen LogP contribution is -2.26. The van der Waals surface area contributed by atoms with E-state index < -0.39 is 0 Å². The van der Waals surface area contributed by atoms with Gasteiger partial charge in [-0.25, -0.2) is 0 Å². The summed E-state index contributed by atoms with van der Waals surface area (Å²) in [6.07, 6.45) is 0.669. The summed E-state index contributed by atoms with van der Waals surface area (Å²) in [5.41, 5.74) is 2.41. The summed E-state index contributed by atoms with van der Waals surface area (Å²) < 4.78 is 5.58.